The Bertz CT molecular complexity index is 450. The summed E-state index contributed by atoms with van der Waals surface area (Å²) >= 11 is 0. The van der Waals surface area contributed by atoms with Crippen molar-refractivity contribution >= 4 is 5.52 Å². The van der Waals surface area contributed by atoms with E-state index >= 15 is 0 Å². The number of pyridine rings is 1. The number of nitrogens with zero attached hydrogens (tertiary/aromatic N) is 2. The molecule has 2 aromatic heterocycles. The van der Waals surface area contributed by atoms with E-state index in [1.54, 1.807) is 18.3 Å². The first-order valence-corrected chi connectivity index (χ1v) is 4.16. The third-order valence-electron chi connectivity index (χ3n) is 2.04. The van der Waals surface area contributed by atoms with Gasteiger partial charge in [0, 0.05) is 11.8 Å². The van der Waals surface area contributed by atoms with Crippen molar-refractivity contribution in [1.29, 1.82) is 0 Å². The minimum absolute atomic E-state index is 0.100. The molecule has 0 saturated carbocycles. The summed E-state index contributed by atoms with van der Waals surface area (Å²) in [5.41, 5.74) is 1.55. The lowest BCUT2D eigenvalue weighted by molar-refractivity contribution is -0.0459. The Morgan fingerprint density at radius 2 is 2.21 bits per heavy atom. The standard InChI is InChI=1S/C9H10N2O3/c12-5-6-2-1-3-11-8(6)4-7(10-11)9(13)14/h1-4,9,12-14H,5H2. The first kappa shape index (κ1) is 9.14. The highest BCUT2D eigenvalue weighted by molar-refractivity contribution is 5.54. The van der Waals surface area contributed by atoms with Crippen LogP contribution in [0.3, 0.4) is 0 Å². The SMILES string of the molecule is OCc1cccn2nc(C(O)O)cc12. The zero-order valence-electron chi connectivity index (χ0n) is 7.33. The maximum Gasteiger partial charge on any atom is 0.197 e. The van der Waals surface area contributed by atoms with Gasteiger partial charge in [0.1, 0.15) is 5.69 Å². The predicted octanol–water partition coefficient (Wildman–Crippen LogP) is -0.190. The smallest absolute Gasteiger partial charge is 0.197 e. The number of hydrogen-bond acceptors (Lipinski definition) is 4. The Labute approximate surface area is 79.9 Å². The fraction of sp³-hybridized carbons (Fsp3) is 0.222. The largest absolute Gasteiger partial charge is 0.392 e. The van der Waals surface area contributed by atoms with Gasteiger partial charge in [0.2, 0.25) is 0 Å². The molecule has 5 heteroatoms. The summed E-state index contributed by atoms with van der Waals surface area (Å²) in [5, 5.41) is 30.8. The number of hydrogen-bond donors (Lipinski definition) is 3. The zero-order chi connectivity index (χ0) is 10.1. The van der Waals surface area contributed by atoms with Gasteiger partial charge < -0.3 is 15.3 Å². The second-order valence-electron chi connectivity index (χ2n) is 2.96. The molecule has 5 nitrogen and oxygen atoms in total. The van der Waals surface area contributed by atoms with E-state index in [9.17, 15) is 0 Å². The normalized spacial score (nSPS) is 11.4. The van der Waals surface area contributed by atoms with Crippen molar-refractivity contribution in [3.05, 3.63) is 35.7 Å². The van der Waals surface area contributed by atoms with E-state index in [0.29, 0.717) is 11.1 Å². The second kappa shape index (κ2) is 3.38. The van der Waals surface area contributed by atoms with Gasteiger partial charge >= 0.3 is 0 Å². The summed E-state index contributed by atoms with van der Waals surface area (Å²) in [6.45, 7) is -0.100. The van der Waals surface area contributed by atoms with Crippen LogP contribution in [0.4, 0.5) is 0 Å². The number of fused-ring (bicyclic) bond motifs is 1. The zero-order valence-corrected chi connectivity index (χ0v) is 7.33. The Morgan fingerprint density at radius 3 is 2.86 bits per heavy atom. The Morgan fingerprint density at radius 1 is 1.43 bits per heavy atom. The minimum atomic E-state index is -1.58. The fourth-order valence-electron chi connectivity index (χ4n) is 1.35. The van der Waals surface area contributed by atoms with Gasteiger partial charge in [-0.1, -0.05) is 6.07 Å². The molecule has 2 rings (SSSR count). The summed E-state index contributed by atoms with van der Waals surface area (Å²) < 4.78 is 1.50. The summed E-state index contributed by atoms with van der Waals surface area (Å²) in [5.74, 6) is 0. The molecular formula is C9H10N2O3. The molecule has 0 aromatic carbocycles. The average molecular weight is 194 g/mol. The molecular weight excluding hydrogens is 184 g/mol. The molecule has 0 radical (unpaired) electrons. The van der Waals surface area contributed by atoms with E-state index < -0.39 is 6.29 Å². The van der Waals surface area contributed by atoms with Crippen molar-refractivity contribution < 1.29 is 15.3 Å². The van der Waals surface area contributed by atoms with Gasteiger partial charge in [0.15, 0.2) is 6.29 Å². The lowest BCUT2D eigenvalue weighted by Gasteiger charge is -1.97. The van der Waals surface area contributed by atoms with Gasteiger partial charge in [-0.15, -0.1) is 0 Å². The van der Waals surface area contributed by atoms with E-state index in [4.69, 9.17) is 15.3 Å². The Kier molecular flexibility index (Phi) is 2.20. The van der Waals surface area contributed by atoms with Crippen LogP contribution in [-0.4, -0.2) is 24.9 Å². The number of rotatable bonds is 2. The molecule has 74 valence electrons. The van der Waals surface area contributed by atoms with Gasteiger partial charge in [-0.3, -0.25) is 0 Å². The molecule has 3 N–H and O–H groups in total. The molecule has 0 fully saturated rings. The van der Waals surface area contributed by atoms with Crippen LogP contribution >= 0.6 is 0 Å². The number of aliphatic hydroxyl groups is 3. The number of aromatic nitrogens is 2. The molecule has 0 saturated heterocycles. The third kappa shape index (κ3) is 1.37. The van der Waals surface area contributed by atoms with Gasteiger partial charge in [-0.25, -0.2) is 4.52 Å². The van der Waals surface area contributed by atoms with Crippen molar-refractivity contribution in [3.8, 4) is 0 Å². The van der Waals surface area contributed by atoms with Gasteiger partial charge in [0.25, 0.3) is 0 Å². The highest BCUT2D eigenvalue weighted by Gasteiger charge is 2.09. The van der Waals surface area contributed by atoms with Crippen LogP contribution in [0.25, 0.3) is 5.52 Å². The van der Waals surface area contributed by atoms with Crippen molar-refractivity contribution in [2.45, 2.75) is 12.9 Å². The molecule has 2 heterocycles. The van der Waals surface area contributed by atoms with Crippen molar-refractivity contribution in [1.82, 2.24) is 9.61 Å². The van der Waals surface area contributed by atoms with E-state index in [-0.39, 0.29) is 12.3 Å². The van der Waals surface area contributed by atoms with E-state index in [1.165, 1.54) is 10.6 Å². The molecule has 0 aliphatic carbocycles. The first-order chi connectivity index (χ1) is 6.72. The molecule has 0 atom stereocenters. The van der Waals surface area contributed by atoms with Crippen molar-refractivity contribution in [2.75, 3.05) is 0 Å². The highest BCUT2D eigenvalue weighted by Crippen LogP contribution is 2.15. The molecule has 0 aliphatic heterocycles. The van der Waals surface area contributed by atoms with E-state index in [1.807, 2.05) is 0 Å². The molecule has 14 heavy (non-hydrogen) atoms. The Balaban J connectivity index is 2.64. The molecule has 0 unspecified atom stereocenters. The predicted molar refractivity (Wildman–Crippen MR) is 48.3 cm³/mol. The molecule has 0 bridgehead atoms. The molecule has 2 aromatic rings. The molecule has 0 spiro atoms. The lowest BCUT2D eigenvalue weighted by atomic mass is 10.2. The van der Waals surface area contributed by atoms with Gasteiger partial charge in [-0.2, -0.15) is 5.10 Å². The monoisotopic (exact) mass is 194 g/mol. The van der Waals surface area contributed by atoms with Crippen LogP contribution in [0.15, 0.2) is 24.4 Å². The van der Waals surface area contributed by atoms with Gasteiger partial charge in [-0.05, 0) is 12.1 Å². The quantitative estimate of drug-likeness (QED) is 0.579. The van der Waals surface area contributed by atoms with Crippen molar-refractivity contribution in [3.63, 3.8) is 0 Å². The van der Waals surface area contributed by atoms with Crippen LogP contribution in [0.5, 0.6) is 0 Å². The molecule has 0 amide bonds. The maximum absolute atomic E-state index is 9.02. The summed E-state index contributed by atoms with van der Waals surface area (Å²) in [4.78, 5) is 0. The van der Waals surface area contributed by atoms with Crippen LogP contribution in [-0.2, 0) is 6.61 Å². The fourth-order valence-corrected chi connectivity index (χ4v) is 1.35. The van der Waals surface area contributed by atoms with Crippen LogP contribution < -0.4 is 0 Å². The van der Waals surface area contributed by atoms with Crippen molar-refractivity contribution in [2.24, 2.45) is 0 Å². The first-order valence-electron chi connectivity index (χ1n) is 4.16. The van der Waals surface area contributed by atoms with Crippen LogP contribution in [0, 0.1) is 0 Å². The highest BCUT2D eigenvalue weighted by atomic mass is 16.5. The van der Waals surface area contributed by atoms with Gasteiger partial charge in [0.05, 0.1) is 12.1 Å². The number of aliphatic hydroxyl groups excluding tert-OH is 2. The van der Waals surface area contributed by atoms with Crippen LogP contribution in [0.1, 0.15) is 17.5 Å². The topological polar surface area (TPSA) is 78.0 Å². The Hall–Kier alpha value is -1.43. The summed E-state index contributed by atoms with van der Waals surface area (Å²) in [6.07, 6.45) is 0.0989. The minimum Gasteiger partial charge on any atom is -0.392 e. The summed E-state index contributed by atoms with van der Waals surface area (Å²) in [7, 11) is 0. The van der Waals surface area contributed by atoms with E-state index in [2.05, 4.69) is 5.10 Å². The lowest BCUT2D eigenvalue weighted by Crippen LogP contribution is -1.96. The maximum atomic E-state index is 9.02. The summed E-state index contributed by atoms with van der Waals surface area (Å²) in [6, 6.07) is 5.03. The third-order valence-corrected chi connectivity index (χ3v) is 2.04. The molecule has 0 aliphatic rings. The average Bonchev–Trinajstić information content (AvgIpc) is 2.60. The second-order valence-corrected chi connectivity index (χ2v) is 2.96. The van der Waals surface area contributed by atoms with Crippen LogP contribution in [0.2, 0.25) is 0 Å². The van der Waals surface area contributed by atoms with E-state index in [0.717, 1.165) is 0 Å².